The second-order valence-electron chi connectivity index (χ2n) is 6.73. The molecule has 0 spiro atoms. The van der Waals surface area contributed by atoms with Gasteiger partial charge in [0.05, 0.1) is 35.9 Å². The fraction of sp³-hybridized carbons (Fsp3) is 0.167. The Kier molecular flexibility index (Phi) is 7.82. The number of aliphatic hydroxyl groups is 1. The molecule has 3 aromatic rings. The first-order valence-electron chi connectivity index (χ1n) is 9.80. The summed E-state index contributed by atoms with van der Waals surface area (Å²) in [7, 11) is 1.55. The van der Waals surface area contributed by atoms with Crippen molar-refractivity contribution in [3.63, 3.8) is 0 Å². The van der Waals surface area contributed by atoms with Crippen molar-refractivity contribution >= 4 is 17.5 Å². The van der Waals surface area contributed by atoms with E-state index in [0.717, 1.165) is 5.56 Å². The van der Waals surface area contributed by atoms with Crippen LogP contribution >= 0.6 is 11.6 Å². The van der Waals surface area contributed by atoms with Crippen LogP contribution in [0.25, 0.3) is 11.1 Å². The van der Waals surface area contributed by atoms with Crippen molar-refractivity contribution in [2.45, 2.75) is 6.54 Å². The highest BCUT2D eigenvalue weighted by molar-refractivity contribution is 6.33. The minimum Gasteiger partial charge on any atom is -0.496 e. The number of amides is 1. The molecule has 1 heterocycles. The minimum atomic E-state index is -0.452. The van der Waals surface area contributed by atoms with Crippen molar-refractivity contribution < 1.29 is 19.4 Å². The number of nitrogens with zero attached hydrogens (tertiary/aromatic N) is 3. The lowest BCUT2D eigenvalue weighted by Gasteiger charge is -2.16. The molecule has 0 unspecified atom stereocenters. The lowest BCUT2D eigenvalue weighted by molar-refractivity contribution is 0.0945. The molecule has 0 fully saturated rings. The number of hydrogen-bond acceptors (Lipinski definition) is 7. The zero-order chi connectivity index (χ0) is 23.8. The topological polar surface area (TPSA) is 128 Å². The summed E-state index contributed by atoms with van der Waals surface area (Å²) in [5, 5.41) is 30.8. The number of carbonyl (C=O) groups is 1. The van der Waals surface area contributed by atoms with Gasteiger partial charge in [0.1, 0.15) is 29.9 Å². The molecule has 0 bridgehead atoms. The maximum absolute atomic E-state index is 13.1. The second kappa shape index (κ2) is 11.0. The molecule has 2 N–H and O–H groups in total. The first-order valence-corrected chi connectivity index (χ1v) is 10.2. The summed E-state index contributed by atoms with van der Waals surface area (Å²) in [4.78, 5) is 17.1. The van der Waals surface area contributed by atoms with Crippen molar-refractivity contribution in [3.8, 4) is 34.8 Å². The van der Waals surface area contributed by atoms with Crippen LogP contribution in [0.15, 0.2) is 48.7 Å². The third kappa shape index (κ3) is 5.39. The molecule has 0 aliphatic carbocycles. The Labute approximate surface area is 195 Å². The molecule has 0 atom stereocenters. The minimum absolute atomic E-state index is 0.0374. The molecule has 9 heteroatoms. The number of aliphatic hydroxyl groups excluding tert-OH is 1. The Morgan fingerprint density at radius 1 is 1.15 bits per heavy atom. The molecule has 1 aromatic heterocycles. The maximum Gasteiger partial charge on any atom is 0.255 e. The zero-order valence-electron chi connectivity index (χ0n) is 17.6. The van der Waals surface area contributed by atoms with Gasteiger partial charge in [-0.25, -0.2) is 4.98 Å². The van der Waals surface area contributed by atoms with E-state index >= 15 is 0 Å². The smallest absolute Gasteiger partial charge is 0.255 e. The molecule has 2 aromatic carbocycles. The molecular weight excluding hydrogens is 444 g/mol. The Balaban J connectivity index is 2.01. The van der Waals surface area contributed by atoms with Crippen LogP contribution in [-0.2, 0) is 6.54 Å². The van der Waals surface area contributed by atoms with Gasteiger partial charge < -0.3 is 19.9 Å². The molecule has 0 saturated heterocycles. The normalized spacial score (nSPS) is 10.1. The van der Waals surface area contributed by atoms with Crippen LogP contribution in [0.4, 0.5) is 0 Å². The molecule has 1 amide bonds. The van der Waals surface area contributed by atoms with Crippen molar-refractivity contribution in [1.29, 1.82) is 10.5 Å². The van der Waals surface area contributed by atoms with Gasteiger partial charge in [-0.05, 0) is 18.2 Å². The molecule has 0 aliphatic rings. The van der Waals surface area contributed by atoms with E-state index in [2.05, 4.69) is 10.3 Å². The van der Waals surface area contributed by atoms with Crippen molar-refractivity contribution in [1.82, 2.24) is 10.3 Å². The Morgan fingerprint density at radius 2 is 1.94 bits per heavy atom. The molecular formula is C24H19ClN4O4. The number of carbonyl (C=O) groups excluding carboxylic acids is 1. The van der Waals surface area contributed by atoms with E-state index in [1.807, 2.05) is 30.3 Å². The van der Waals surface area contributed by atoms with E-state index in [9.17, 15) is 10.1 Å². The van der Waals surface area contributed by atoms with E-state index < -0.39 is 5.91 Å². The summed E-state index contributed by atoms with van der Waals surface area (Å²) in [5.74, 6) is 0.357. The summed E-state index contributed by atoms with van der Waals surface area (Å²) in [5.41, 5.74) is 1.96. The standard InChI is InChI=1S/C24H19ClN4O4/c1-32-22-5-3-2-4-15(22)13-29-24(31)19-9-18(21(25)10-23(19)33-7-6-30)20-14-28-17(12-27)8-16(20)11-26/h2-5,8-10,14,30H,6-7,13H2,1H3,(H,29,31). The third-order valence-electron chi connectivity index (χ3n) is 4.72. The number of halogens is 1. The van der Waals surface area contributed by atoms with Crippen molar-refractivity contribution in [3.05, 3.63) is 76.1 Å². The monoisotopic (exact) mass is 462 g/mol. The van der Waals surface area contributed by atoms with Gasteiger partial charge in [0.15, 0.2) is 0 Å². The quantitative estimate of drug-likeness (QED) is 0.524. The van der Waals surface area contributed by atoms with Crippen molar-refractivity contribution in [2.24, 2.45) is 0 Å². The number of methoxy groups -OCH3 is 1. The zero-order valence-corrected chi connectivity index (χ0v) is 18.4. The molecule has 8 nitrogen and oxygen atoms in total. The maximum atomic E-state index is 13.1. The average molecular weight is 463 g/mol. The number of benzene rings is 2. The lowest BCUT2D eigenvalue weighted by atomic mass is 9.99. The van der Waals surface area contributed by atoms with Gasteiger partial charge in [0, 0.05) is 35.5 Å². The number of nitriles is 2. The number of ether oxygens (including phenoxy) is 2. The van der Waals surface area contributed by atoms with E-state index in [1.165, 1.54) is 24.4 Å². The van der Waals surface area contributed by atoms with Gasteiger partial charge in [-0.1, -0.05) is 29.8 Å². The van der Waals surface area contributed by atoms with Crippen molar-refractivity contribution in [2.75, 3.05) is 20.3 Å². The van der Waals surface area contributed by atoms with Gasteiger partial charge in [-0.3, -0.25) is 4.79 Å². The predicted octanol–water partition coefficient (Wildman–Crippen LogP) is 3.46. The van der Waals surface area contributed by atoms with Gasteiger partial charge in [-0.2, -0.15) is 10.5 Å². The van der Waals surface area contributed by atoms with Gasteiger partial charge in [0.25, 0.3) is 5.91 Å². The molecule has 3 rings (SSSR count). The van der Waals surface area contributed by atoms with Crippen LogP contribution in [0.5, 0.6) is 11.5 Å². The summed E-state index contributed by atoms with van der Waals surface area (Å²) in [6.45, 7) is -0.0911. The second-order valence-corrected chi connectivity index (χ2v) is 7.14. The number of aromatic nitrogens is 1. The Hall–Kier alpha value is -4.11. The van der Waals surface area contributed by atoms with Crippen LogP contribution in [0, 0.1) is 22.7 Å². The van der Waals surface area contributed by atoms with Crippen LogP contribution in [0.1, 0.15) is 27.2 Å². The number of hydrogen-bond donors (Lipinski definition) is 2. The number of rotatable bonds is 8. The van der Waals surface area contributed by atoms with E-state index in [0.29, 0.717) is 16.9 Å². The lowest BCUT2D eigenvalue weighted by Crippen LogP contribution is -2.24. The molecule has 0 aliphatic heterocycles. The predicted molar refractivity (Wildman–Crippen MR) is 121 cm³/mol. The Bertz CT molecular complexity index is 1260. The summed E-state index contributed by atoms with van der Waals surface area (Å²) < 4.78 is 10.8. The third-order valence-corrected chi connectivity index (χ3v) is 5.04. The summed E-state index contributed by atoms with van der Waals surface area (Å²) in [6, 6.07) is 15.5. The SMILES string of the molecule is COc1ccccc1CNC(=O)c1cc(-c2cnc(C#N)cc2C#N)c(Cl)cc1OCCO. The largest absolute Gasteiger partial charge is 0.496 e. The average Bonchev–Trinajstić information content (AvgIpc) is 2.85. The van der Waals surface area contributed by atoms with Gasteiger partial charge >= 0.3 is 0 Å². The number of pyridine rings is 1. The first-order chi connectivity index (χ1) is 16.0. The van der Waals surface area contributed by atoms with Crippen LogP contribution < -0.4 is 14.8 Å². The van der Waals surface area contributed by atoms with Crippen LogP contribution in [0.3, 0.4) is 0 Å². The van der Waals surface area contributed by atoms with Gasteiger partial charge in [-0.15, -0.1) is 0 Å². The molecule has 0 saturated carbocycles. The molecule has 33 heavy (non-hydrogen) atoms. The fourth-order valence-corrected chi connectivity index (χ4v) is 3.41. The number of para-hydroxylation sites is 1. The highest BCUT2D eigenvalue weighted by Gasteiger charge is 2.20. The van der Waals surface area contributed by atoms with Gasteiger partial charge in [0.2, 0.25) is 0 Å². The van der Waals surface area contributed by atoms with Crippen LogP contribution in [0.2, 0.25) is 5.02 Å². The highest BCUT2D eigenvalue weighted by atomic mass is 35.5. The number of nitrogens with one attached hydrogen (secondary N) is 1. The highest BCUT2D eigenvalue weighted by Crippen LogP contribution is 2.36. The Morgan fingerprint density at radius 3 is 2.64 bits per heavy atom. The summed E-state index contributed by atoms with van der Waals surface area (Å²) in [6.07, 6.45) is 1.36. The molecule has 166 valence electrons. The van der Waals surface area contributed by atoms with E-state index in [1.54, 1.807) is 13.2 Å². The fourth-order valence-electron chi connectivity index (χ4n) is 3.16. The van der Waals surface area contributed by atoms with E-state index in [4.69, 9.17) is 31.4 Å². The van der Waals surface area contributed by atoms with Crippen LogP contribution in [-0.4, -0.2) is 36.3 Å². The molecule has 0 radical (unpaired) electrons. The summed E-state index contributed by atoms with van der Waals surface area (Å²) >= 11 is 6.44. The first kappa shape index (κ1) is 23.6. The van der Waals surface area contributed by atoms with E-state index in [-0.39, 0.29) is 47.4 Å².